The Bertz CT molecular complexity index is 889. The number of benzene rings is 1. The number of rotatable bonds is 3. The van der Waals surface area contributed by atoms with Crippen LogP contribution in [-0.2, 0) is 6.54 Å². The smallest absolute Gasteiger partial charge is 0.138 e. The SMILES string of the molecule is NCc1c(Sc2cc3ccccc3[nH]2)nc2ccccn12. The van der Waals surface area contributed by atoms with Gasteiger partial charge in [0.2, 0.25) is 0 Å². The van der Waals surface area contributed by atoms with Gasteiger partial charge in [0.1, 0.15) is 10.7 Å². The van der Waals surface area contributed by atoms with Crippen LogP contribution in [0.5, 0.6) is 0 Å². The lowest BCUT2D eigenvalue weighted by atomic mass is 10.3. The van der Waals surface area contributed by atoms with Crippen molar-refractivity contribution in [1.82, 2.24) is 14.4 Å². The third-order valence-corrected chi connectivity index (χ3v) is 4.46. The molecule has 3 heterocycles. The first-order chi connectivity index (χ1) is 10.3. The zero-order chi connectivity index (χ0) is 14.2. The molecule has 0 amide bonds. The maximum atomic E-state index is 5.91. The summed E-state index contributed by atoms with van der Waals surface area (Å²) in [6.07, 6.45) is 2.00. The number of para-hydroxylation sites is 1. The summed E-state index contributed by atoms with van der Waals surface area (Å²) in [7, 11) is 0. The van der Waals surface area contributed by atoms with Crippen LogP contribution in [0.1, 0.15) is 5.69 Å². The van der Waals surface area contributed by atoms with E-state index in [-0.39, 0.29) is 0 Å². The molecule has 1 aromatic carbocycles. The van der Waals surface area contributed by atoms with E-state index in [0.717, 1.165) is 26.9 Å². The minimum atomic E-state index is 0.466. The van der Waals surface area contributed by atoms with Gasteiger partial charge >= 0.3 is 0 Å². The Morgan fingerprint density at radius 1 is 1.14 bits per heavy atom. The predicted molar refractivity (Wildman–Crippen MR) is 85.5 cm³/mol. The van der Waals surface area contributed by atoms with Crippen molar-refractivity contribution in [2.45, 2.75) is 16.6 Å². The topological polar surface area (TPSA) is 59.1 Å². The van der Waals surface area contributed by atoms with Crippen molar-refractivity contribution in [1.29, 1.82) is 0 Å². The molecule has 4 aromatic rings. The molecule has 0 aliphatic rings. The monoisotopic (exact) mass is 294 g/mol. The quantitative estimate of drug-likeness (QED) is 0.608. The van der Waals surface area contributed by atoms with E-state index in [1.807, 2.05) is 40.9 Å². The van der Waals surface area contributed by atoms with E-state index in [2.05, 4.69) is 28.2 Å². The normalized spacial score (nSPS) is 11.5. The molecule has 0 saturated heterocycles. The van der Waals surface area contributed by atoms with Crippen molar-refractivity contribution >= 4 is 28.3 Å². The Balaban J connectivity index is 1.79. The summed E-state index contributed by atoms with van der Waals surface area (Å²) in [5, 5.41) is 3.24. The highest BCUT2D eigenvalue weighted by Gasteiger charge is 2.13. The second-order valence-corrected chi connectivity index (χ2v) is 5.85. The molecule has 0 saturated carbocycles. The molecular formula is C16H14N4S. The fourth-order valence-electron chi connectivity index (χ4n) is 2.50. The van der Waals surface area contributed by atoms with Gasteiger partial charge in [-0.25, -0.2) is 4.98 Å². The van der Waals surface area contributed by atoms with E-state index in [4.69, 9.17) is 5.73 Å². The highest BCUT2D eigenvalue weighted by molar-refractivity contribution is 7.99. The van der Waals surface area contributed by atoms with Crippen LogP contribution in [0, 0.1) is 0 Å². The van der Waals surface area contributed by atoms with Gasteiger partial charge in [-0.3, -0.25) is 0 Å². The van der Waals surface area contributed by atoms with Gasteiger partial charge in [0.25, 0.3) is 0 Å². The standard InChI is InChI=1S/C16H14N4S/c17-10-13-16(19-14-7-3-4-8-20(13)14)21-15-9-11-5-1-2-6-12(11)18-15/h1-9,18H,10,17H2. The van der Waals surface area contributed by atoms with Gasteiger partial charge in [0, 0.05) is 23.6 Å². The van der Waals surface area contributed by atoms with E-state index >= 15 is 0 Å². The summed E-state index contributed by atoms with van der Waals surface area (Å²) < 4.78 is 2.05. The zero-order valence-electron chi connectivity index (χ0n) is 11.3. The molecule has 0 aliphatic heterocycles. The fraction of sp³-hybridized carbons (Fsp3) is 0.0625. The average Bonchev–Trinajstić information content (AvgIpc) is 3.06. The Morgan fingerprint density at radius 2 is 2.00 bits per heavy atom. The van der Waals surface area contributed by atoms with Crippen LogP contribution in [0.3, 0.4) is 0 Å². The second kappa shape index (κ2) is 4.95. The van der Waals surface area contributed by atoms with Gasteiger partial charge in [-0.15, -0.1) is 0 Å². The molecule has 5 heteroatoms. The Hall–Kier alpha value is -2.24. The van der Waals surface area contributed by atoms with Crippen LogP contribution in [0.25, 0.3) is 16.6 Å². The van der Waals surface area contributed by atoms with E-state index in [1.165, 1.54) is 5.39 Å². The molecule has 0 atom stereocenters. The molecule has 0 radical (unpaired) electrons. The molecule has 4 rings (SSSR count). The first-order valence-electron chi connectivity index (χ1n) is 6.77. The van der Waals surface area contributed by atoms with E-state index < -0.39 is 0 Å². The van der Waals surface area contributed by atoms with Crippen LogP contribution >= 0.6 is 11.8 Å². The molecule has 0 spiro atoms. The number of nitrogens with two attached hydrogens (primary N) is 1. The van der Waals surface area contributed by atoms with Crippen LogP contribution in [0.4, 0.5) is 0 Å². The van der Waals surface area contributed by atoms with E-state index in [9.17, 15) is 0 Å². The Kier molecular flexibility index (Phi) is 2.94. The van der Waals surface area contributed by atoms with Gasteiger partial charge in [-0.1, -0.05) is 36.0 Å². The molecule has 4 nitrogen and oxygen atoms in total. The number of aromatic amines is 1. The molecule has 0 aliphatic carbocycles. The first kappa shape index (κ1) is 12.5. The Morgan fingerprint density at radius 3 is 2.86 bits per heavy atom. The minimum Gasteiger partial charge on any atom is -0.349 e. The van der Waals surface area contributed by atoms with Crippen LogP contribution < -0.4 is 5.73 Å². The van der Waals surface area contributed by atoms with E-state index in [0.29, 0.717) is 6.54 Å². The molecule has 0 fully saturated rings. The van der Waals surface area contributed by atoms with Crippen molar-refractivity contribution < 1.29 is 0 Å². The second-order valence-electron chi connectivity index (χ2n) is 4.82. The number of imidazole rings is 1. The molecule has 104 valence electrons. The molecule has 0 bridgehead atoms. The zero-order valence-corrected chi connectivity index (χ0v) is 12.1. The average molecular weight is 294 g/mol. The number of nitrogens with one attached hydrogen (secondary N) is 1. The number of pyridine rings is 1. The van der Waals surface area contributed by atoms with Crippen LogP contribution in [-0.4, -0.2) is 14.4 Å². The number of H-pyrrole nitrogens is 1. The Labute approximate surface area is 126 Å². The maximum absolute atomic E-state index is 5.91. The highest BCUT2D eigenvalue weighted by atomic mass is 32.2. The third kappa shape index (κ3) is 2.11. The summed E-state index contributed by atoms with van der Waals surface area (Å²) >= 11 is 1.62. The first-order valence-corrected chi connectivity index (χ1v) is 7.58. The molecule has 21 heavy (non-hydrogen) atoms. The fourth-order valence-corrected chi connectivity index (χ4v) is 3.49. The van der Waals surface area contributed by atoms with Crippen molar-refractivity contribution in [3.8, 4) is 0 Å². The van der Waals surface area contributed by atoms with Crippen molar-refractivity contribution in [2.24, 2.45) is 5.73 Å². The maximum Gasteiger partial charge on any atom is 0.138 e. The number of aromatic nitrogens is 3. The lowest BCUT2D eigenvalue weighted by molar-refractivity contribution is 0.920. The van der Waals surface area contributed by atoms with Gasteiger partial charge in [0.15, 0.2) is 0 Å². The third-order valence-electron chi connectivity index (χ3n) is 3.50. The lowest BCUT2D eigenvalue weighted by Crippen LogP contribution is -2.01. The van der Waals surface area contributed by atoms with Crippen molar-refractivity contribution in [3.05, 3.63) is 60.4 Å². The summed E-state index contributed by atoms with van der Waals surface area (Å²) in [4.78, 5) is 8.09. The van der Waals surface area contributed by atoms with Crippen molar-refractivity contribution in [3.63, 3.8) is 0 Å². The summed E-state index contributed by atoms with van der Waals surface area (Å²) in [5.74, 6) is 0. The largest absolute Gasteiger partial charge is 0.349 e. The number of hydrogen-bond donors (Lipinski definition) is 2. The van der Waals surface area contributed by atoms with Crippen LogP contribution in [0.2, 0.25) is 0 Å². The summed E-state index contributed by atoms with van der Waals surface area (Å²) in [5.41, 5.74) is 9.01. The molecule has 3 N–H and O–H groups in total. The molecule has 0 unspecified atom stereocenters. The lowest BCUT2D eigenvalue weighted by Gasteiger charge is -2.00. The van der Waals surface area contributed by atoms with E-state index in [1.54, 1.807) is 11.8 Å². The van der Waals surface area contributed by atoms with Gasteiger partial charge in [0.05, 0.1) is 10.7 Å². The summed E-state index contributed by atoms with van der Waals surface area (Å²) in [6.45, 7) is 0.466. The van der Waals surface area contributed by atoms with Gasteiger partial charge < -0.3 is 15.1 Å². The van der Waals surface area contributed by atoms with Gasteiger partial charge in [-0.2, -0.15) is 0 Å². The molecule has 3 aromatic heterocycles. The van der Waals surface area contributed by atoms with Crippen LogP contribution in [0.15, 0.2) is 64.8 Å². The highest BCUT2D eigenvalue weighted by Crippen LogP contribution is 2.31. The van der Waals surface area contributed by atoms with Gasteiger partial charge in [-0.05, 0) is 24.3 Å². The number of hydrogen-bond acceptors (Lipinski definition) is 3. The minimum absolute atomic E-state index is 0.466. The number of nitrogens with zero attached hydrogens (tertiary/aromatic N) is 2. The molecular weight excluding hydrogens is 280 g/mol. The summed E-state index contributed by atoms with van der Waals surface area (Å²) in [6, 6.07) is 16.4. The predicted octanol–water partition coefficient (Wildman–Crippen LogP) is 3.43. The van der Waals surface area contributed by atoms with Crippen molar-refractivity contribution in [2.75, 3.05) is 0 Å². The number of fused-ring (bicyclic) bond motifs is 2.